The summed E-state index contributed by atoms with van der Waals surface area (Å²) in [7, 11) is 0. The van der Waals surface area contributed by atoms with E-state index in [0.717, 1.165) is 0 Å². The lowest BCUT2D eigenvalue weighted by atomic mass is 9.96. The summed E-state index contributed by atoms with van der Waals surface area (Å²) in [5, 5.41) is 2.82. The summed E-state index contributed by atoms with van der Waals surface area (Å²) in [6.07, 6.45) is -11.3. The molecule has 1 fully saturated rings. The molecule has 1 N–H and O–H groups in total. The summed E-state index contributed by atoms with van der Waals surface area (Å²) in [6.45, 7) is 2.95. The van der Waals surface area contributed by atoms with E-state index in [0.29, 0.717) is 4.90 Å². The number of alkyl halides is 6. The van der Waals surface area contributed by atoms with Crippen molar-refractivity contribution in [1.29, 1.82) is 0 Å². The number of halogens is 6. The minimum Gasteiger partial charge on any atom is -0.334 e. The topological polar surface area (TPSA) is 32.3 Å². The van der Waals surface area contributed by atoms with Crippen molar-refractivity contribution in [3.8, 4) is 0 Å². The van der Waals surface area contributed by atoms with Crippen LogP contribution in [0.3, 0.4) is 0 Å². The second-order valence-electron chi connectivity index (χ2n) is 5.00. The minimum absolute atomic E-state index is 0.140. The van der Waals surface area contributed by atoms with Gasteiger partial charge in [-0.1, -0.05) is 0 Å². The molecule has 1 heterocycles. The number of rotatable bonds is 1. The number of nitrogens with one attached hydrogen (secondary N) is 1. The quantitative estimate of drug-likeness (QED) is 0.749. The fraction of sp³-hybridized carbons (Fsp3) is 0.900. The maximum Gasteiger partial charge on any atom is 0.409 e. The molecule has 0 aromatic rings. The molecule has 3 nitrogen and oxygen atoms in total. The highest BCUT2D eigenvalue weighted by Crippen LogP contribution is 2.41. The SMILES string of the molecule is CC1(C)CNCCN1C(=O)C(C(F)(F)F)C(F)(F)F. The van der Waals surface area contributed by atoms with Crippen molar-refractivity contribution >= 4 is 5.91 Å². The van der Waals surface area contributed by atoms with E-state index in [1.807, 2.05) is 0 Å². The molecular weight excluding hydrogens is 278 g/mol. The van der Waals surface area contributed by atoms with Crippen LogP contribution in [0.15, 0.2) is 0 Å². The van der Waals surface area contributed by atoms with Crippen molar-refractivity contribution in [2.24, 2.45) is 5.92 Å². The van der Waals surface area contributed by atoms with Gasteiger partial charge in [0.15, 0.2) is 0 Å². The van der Waals surface area contributed by atoms with E-state index in [2.05, 4.69) is 5.32 Å². The molecule has 1 amide bonds. The molecule has 0 bridgehead atoms. The zero-order valence-electron chi connectivity index (χ0n) is 10.3. The third-order valence-electron chi connectivity index (χ3n) is 2.97. The fourth-order valence-electron chi connectivity index (χ4n) is 2.01. The van der Waals surface area contributed by atoms with Crippen LogP contribution >= 0.6 is 0 Å². The largest absolute Gasteiger partial charge is 0.409 e. The number of piperazine rings is 1. The highest BCUT2D eigenvalue weighted by molar-refractivity contribution is 5.81. The molecule has 0 aliphatic carbocycles. The lowest BCUT2D eigenvalue weighted by Gasteiger charge is -2.44. The van der Waals surface area contributed by atoms with E-state index < -0.39 is 29.7 Å². The highest BCUT2D eigenvalue weighted by atomic mass is 19.4. The molecule has 1 aliphatic rings. The minimum atomic E-state index is -5.64. The summed E-state index contributed by atoms with van der Waals surface area (Å²) in [4.78, 5) is 12.3. The first-order chi connectivity index (χ1) is 8.37. The van der Waals surface area contributed by atoms with Crippen LogP contribution in [0.1, 0.15) is 13.8 Å². The maximum atomic E-state index is 12.5. The molecule has 0 unspecified atom stereocenters. The number of amides is 1. The summed E-state index contributed by atoms with van der Waals surface area (Å²) in [5.74, 6) is -5.90. The average Bonchev–Trinajstić information content (AvgIpc) is 2.11. The Morgan fingerprint density at radius 1 is 1.16 bits per heavy atom. The van der Waals surface area contributed by atoms with Gasteiger partial charge in [-0.15, -0.1) is 0 Å². The van der Waals surface area contributed by atoms with E-state index in [-0.39, 0.29) is 19.6 Å². The Balaban J connectivity index is 3.07. The van der Waals surface area contributed by atoms with Crippen molar-refractivity contribution in [3.63, 3.8) is 0 Å². The van der Waals surface area contributed by atoms with Crippen LogP contribution in [0.4, 0.5) is 26.3 Å². The highest BCUT2D eigenvalue weighted by Gasteiger charge is 2.63. The Bertz CT molecular complexity index is 335. The molecule has 0 aromatic heterocycles. The lowest BCUT2D eigenvalue weighted by Crippen LogP contribution is -2.63. The van der Waals surface area contributed by atoms with E-state index in [9.17, 15) is 31.1 Å². The van der Waals surface area contributed by atoms with Gasteiger partial charge in [-0.25, -0.2) is 0 Å². The van der Waals surface area contributed by atoms with Crippen LogP contribution in [0.5, 0.6) is 0 Å². The molecule has 1 rings (SSSR count). The first-order valence-electron chi connectivity index (χ1n) is 5.53. The summed E-state index contributed by atoms with van der Waals surface area (Å²) >= 11 is 0. The molecule has 0 saturated carbocycles. The summed E-state index contributed by atoms with van der Waals surface area (Å²) in [5.41, 5.74) is -1.09. The van der Waals surface area contributed by atoms with E-state index in [1.165, 1.54) is 13.8 Å². The Hall–Kier alpha value is -0.990. The molecular formula is C10H14F6N2O. The van der Waals surface area contributed by atoms with Crippen molar-refractivity contribution in [3.05, 3.63) is 0 Å². The predicted octanol–water partition coefficient (Wildman–Crippen LogP) is 1.94. The Labute approximate surface area is 105 Å². The van der Waals surface area contributed by atoms with Crippen LogP contribution in [0, 0.1) is 5.92 Å². The zero-order valence-corrected chi connectivity index (χ0v) is 10.3. The molecule has 19 heavy (non-hydrogen) atoms. The first kappa shape index (κ1) is 16.1. The molecule has 1 saturated heterocycles. The molecule has 0 atom stereocenters. The van der Waals surface area contributed by atoms with Gasteiger partial charge in [0.2, 0.25) is 11.8 Å². The van der Waals surface area contributed by atoms with E-state index in [4.69, 9.17) is 0 Å². The zero-order chi connectivity index (χ0) is 15.1. The van der Waals surface area contributed by atoms with Crippen LogP contribution in [-0.2, 0) is 4.79 Å². The molecule has 0 radical (unpaired) electrons. The van der Waals surface area contributed by atoms with Gasteiger partial charge < -0.3 is 10.2 Å². The second kappa shape index (κ2) is 4.84. The van der Waals surface area contributed by atoms with Gasteiger partial charge in [-0.05, 0) is 13.8 Å². The summed E-state index contributed by atoms with van der Waals surface area (Å²) in [6, 6.07) is 0. The predicted molar refractivity (Wildman–Crippen MR) is 54.3 cm³/mol. The maximum absolute atomic E-state index is 12.5. The molecule has 9 heteroatoms. The summed E-state index contributed by atoms with van der Waals surface area (Å²) < 4.78 is 74.9. The number of carbonyl (C=O) groups excluding carboxylic acids is 1. The second-order valence-corrected chi connectivity index (χ2v) is 5.00. The van der Waals surface area contributed by atoms with Crippen LogP contribution in [-0.4, -0.2) is 48.3 Å². The Morgan fingerprint density at radius 3 is 2.00 bits per heavy atom. The van der Waals surface area contributed by atoms with Crippen molar-refractivity contribution in [2.45, 2.75) is 31.7 Å². The third kappa shape index (κ3) is 3.52. The first-order valence-corrected chi connectivity index (χ1v) is 5.53. The van der Waals surface area contributed by atoms with Crippen molar-refractivity contribution in [1.82, 2.24) is 10.2 Å². The monoisotopic (exact) mass is 292 g/mol. The smallest absolute Gasteiger partial charge is 0.334 e. The standard InChI is InChI=1S/C10H14F6N2O/c1-8(2)5-17-3-4-18(8)7(19)6(9(11,12)13)10(14,15)16/h6,17H,3-5H2,1-2H3. The molecule has 0 spiro atoms. The fourth-order valence-corrected chi connectivity index (χ4v) is 2.01. The normalized spacial score (nSPS) is 20.8. The van der Waals surface area contributed by atoms with Gasteiger partial charge in [0, 0.05) is 25.2 Å². The number of carbonyl (C=O) groups is 1. The van der Waals surface area contributed by atoms with E-state index in [1.54, 1.807) is 0 Å². The van der Waals surface area contributed by atoms with Gasteiger partial charge in [-0.3, -0.25) is 4.79 Å². The Morgan fingerprint density at radius 2 is 1.63 bits per heavy atom. The average molecular weight is 292 g/mol. The molecule has 1 aliphatic heterocycles. The van der Waals surface area contributed by atoms with Gasteiger partial charge >= 0.3 is 12.4 Å². The van der Waals surface area contributed by atoms with Crippen LogP contribution in [0.2, 0.25) is 0 Å². The van der Waals surface area contributed by atoms with Gasteiger partial charge in [-0.2, -0.15) is 26.3 Å². The Kier molecular flexibility index (Phi) is 4.09. The molecule has 112 valence electrons. The van der Waals surface area contributed by atoms with Crippen LogP contribution in [0.25, 0.3) is 0 Å². The van der Waals surface area contributed by atoms with Gasteiger partial charge in [0.1, 0.15) is 0 Å². The van der Waals surface area contributed by atoms with Crippen molar-refractivity contribution in [2.75, 3.05) is 19.6 Å². The van der Waals surface area contributed by atoms with Crippen molar-refractivity contribution < 1.29 is 31.1 Å². The van der Waals surface area contributed by atoms with E-state index >= 15 is 0 Å². The van der Waals surface area contributed by atoms with Gasteiger partial charge in [0.05, 0.1) is 0 Å². The number of hydrogen-bond acceptors (Lipinski definition) is 2. The lowest BCUT2D eigenvalue weighted by molar-refractivity contribution is -0.279. The number of hydrogen-bond donors (Lipinski definition) is 1. The van der Waals surface area contributed by atoms with Gasteiger partial charge in [0.25, 0.3) is 0 Å². The molecule has 0 aromatic carbocycles. The third-order valence-corrected chi connectivity index (χ3v) is 2.97. The number of nitrogens with zero attached hydrogens (tertiary/aromatic N) is 1. The van der Waals surface area contributed by atoms with Crippen LogP contribution < -0.4 is 5.32 Å².